The smallest absolute Gasteiger partial charge is 0.298 e. The summed E-state index contributed by atoms with van der Waals surface area (Å²) in [6, 6.07) is 10.1. The lowest BCUT2D eigenvalue weighted by Gasteiger charge is -2.11. The first-order valence-corrected chi connectivity index (χ1v) is 7.58. The molecule has 2 heterocycles. The normalized spacial score (nSPS) is 17.1. The number of rotatable bonds is 3. The lowest BCUT2D eigenvalue weighted by atomic mass is 10.3. The van der Waals surface area contributed by atoms with Crippen molar-refractivity contribution >= 4 is 46.3 Å². The van der Waals surface area contributed by atoms with Crippen LogP contribution in [0, 0.1) is 0 Å². The van der Waals surface area contributed by atoms with E-state index in [0.717, 1.165) is 16.7 Å². The Balaban J connectivity index is 1.80. The summed E-state index contributed by atoms with van der Waals surface area (Å²) in [5, 5.41) is 0.220. The molecule has 1 aliphatic heterocycles. The third-order valence-electron chi connectivity index (χ3n) is 2.93. The van der Waals surface area contributed by atoms with Crippen molar-refractivity contribution in [2.24, 2.45) is 0 Å². The Morgan fingerprint density at radius 1 is 1.14 bits per heavy atom. The van der Waals surface area contributed by atoms with Crippen LogP contribution in [-0.2, 0) is 4.79 Å². The van der Waals surface area contributed by atoms with E-state index in [4.69, 9.17) is 16.0 Å². The van der Waals surface area contributed by atoms with Gasteiger partial charge in [-0.15, -0.1) is 0 Å². The summed E-state index contributed by atoms with van der Waals surface area (Å²) < 4.78 is 5.15. The molecule has 2 amide bonds. The minimum atomic E-state index is -0.346. The number of allylic oxidation sites excluding steroid dienone is 2. The number of hydrogen-bond donors (Lipinski definition) is 0. The highest BCUT2D eigenvalue weighted by Gasteiger charge is 2.35. The lowest BCUT2D eigenvalue weighted by Crippen LogP contribution is -2.27. The molecule has 0 atom stereocenters. The Morgan fingerprint density at radius 2 is 1.91 bits per heavy atom. The maximum absolute atomic E-state index is 12.3. The maximum Gasteiger partial charge on any atom is 0.298 e. The predicted octanol–water partition coefficient (Wildman–Crippen LogP) is 4.73. The third-order valence-corrected chi connectivity index (χ3v) is 4.07. The predicted molar refractivity (Wildman–Crippen MR) is 87.8 cm³/mol. The highest BCUT2D eigenvalue weighted by atomic mass is 35.5. The van der Waals surface area contributed by atoms with Crippen LogP contribution < -0.4 is 4.90 Å². The topological polar surface area (TPSA) is 50.5 Å². The zero-order valence-corrected chi connectivity index (χ0v) is 12.8. The van der Waals surface area contributed by atoms with Crippen LogP contribution in [-0.4, -0.2) is 11.1 Å². The van der Waals surface area contributed by atoms with Crippen molar-refractivity contribution in [3.8, 4) is 0 Å². The van der Waals surface area contributed by atoms with E-state index < -0.39 is 0 Å². The van der Waals surface area contributed by atoms with E-state index in [1.807, 2.05) is 0 Å². The van der Waals surface area contributed by atoms with Crippen LogP contribution in [0.1, 0.15) is 5.76 Å². The van der Waals surface area contributed by atoms with Crippen LogP contribution >= 0.6 is 23.4 Å². The van der Waals surface area contributed by atoms with Crippen molar-refractivity contribution in [1.29, 1.82) is 0 Å². The van der Waals surface area contributed by atoms with Crippen molar-refractivity contribution in [2.45, 2.75) is 0 Å². The lowest BCUT2D eigenvalue weighted by molar-refractivity contribution is -0.113. The Bertz CT molecular complexity index is 763. The number of amides is 2. The minimum absolute atomic E-state index is 0.329. The first-order valence-electron chi connectivity index (χ1n) is 6.39. The summed E-state index contributed by atoms with van der Waals surface area (Å²) in [5.41, 5.74) is 0.505. The highest BCUT2D eigenvalue weighted by Crippen LogP contribution is 2.34. The standard InChI is InChI=1S/C16H10ClNO3S/c17-11-6-8-12(9-7-11)18-15(19)14(22-16(18)20)5-1-3-13-4-2-10-21-13/h1-10H. The minimum Gasteiger partial charge on any atom is -0.465 e. The molecule has 22 heavy (non-hydrogen) atoms. The SMILES string of the molecule is O=C1SC(=CC=Cc2ccco2)C(=O)N1c1ccc(Cl)cc1. The van der Waals surface area contributed by atoms with Gasteiger partial charge in [-0.1, -0.05) is 17.7 Å². The van der Waals surface area contributed by atoms with Crippen LogP contribution in [0.15, 0.2) is 64.1 Å². The molecule has 1 aromatic heterocycles. The number of hydrogen-bond acceptors (Lipinski definition) is 4. The number of nitrogens with zero attached hydrogens (tertiary/aromatic N) is 1. The van der Waals surface area contributed by atoms with Crippen LogP contribution in [0.3, 0.4) is 0 Å². The van der Waals surface area contributed by atoms with Gasteiger partial charge in [-0.2, -0.15) is 0 Å². The zero-order chi connectivity index (χ0) is 15.5. The molecule has 6 heteroatoms. The van der Waals surface area contributed by atoms with Gasteiger partial charge < -0.3 is 4.42 Å². The van der Waals surface area contributed by atoms with Gasteiger partial charge in [0, 0.05) is 5.02 Å². The molecule has 1 fully saturated rings. The molecular formula is C16H10ClNO3S. The summed E-state index contributed by atoms with van der Waals surface area (Å²) in [7, 11) is 0. The van der Waals surface area contributed by atoms with E-state index in [1.165, 1.54) is 0 Å². The van der Waals surface area contributed by atoms with Crippen LogP contribution in [0.4, 0.5) is 10.5 Å². The fraction of sp³-hybridized carbons (Fsp3) is 0. The summed E-state index contributed by atoms with van der Waals surface area (Å²) in [4.78, 5) is 25.8. The Morgan fingerprint density at radius 3 is 2.59 bits per heavy atom. The highest BCUT2D eigenvalue weighted by molar-refractivity contribution is 8.18. The Kier molecular flexibility index (Phi) is 4.18. The van der Waals surface area contributed by atoms with Crippen molar-refractivity contribution in [3.05, 3.63) is 70.5 Å². The van der Waals surface area contributed by atoms with E-state index in [-0.39, 0.29) is 11.1 Å². The molecular weight excluding hydrogens is 322 g/mol. The fourth-order valence-corrected chi connectivity index (χ4v) is 2.83. The van der Waals surface area contributed by atoms with Crippen molar-refractivity contribution in [3.63, 3.8) is 0 Å². The number of carbonyl (C=O) groups is 2. The van der Waals surface area contributed by atoms with Crippen molar-refractivity contribution in [1.82, 2.24) is 0 Å². The molecule has 0 saturated carbocycles. The first kappa shape index (κ1) is 14.7. The van der Waals surface area contributed by atoms with E-state index in [9.17, 15) is 9.59 Å². The van der Waals surface area contributed by atoms with Gasteiger partial charge in [0.15, 0.2) is 0 Å². The molecule has 0 spiro atoms. The summed E-state index contributed by atoms with van der Waals surface area (Å²) >= 11 is 6.72. The van der Waals surface area contributed by atoms with Crippen LogP contribution in [0.25, 0.3) is 6.08 Å². The molecule has 1 aromatic carbocycles. The van der Waals surface area contributed by atoms with Crippen LogP contribution in [0.2, 0.25) is 5.02 Å². The maximum atomic E-state index is 12.3. The summed E-state index contributed by atoms with van der Waals surface area (Å²) in [6.45, 7) is 0. The van der Waals surface area contributed by atoms with Gasteiger partial charge in [-0.05, 0) is 60.3 Å². The summed E-state index contributed by atoms with van der Waals surface area (Å²) in [6.07, 6.45) is 6.56. The monoisotopic (exact) mass is 331 g/mol. The zero-order valence-electron chi connectivity index (χ0n) is 11.2. The number of anilines is 1. The Labute approximate surface area is 136 Å². The molecule has 3 rings (SSSR count). The van der Waals surface area contributed by atoms with Gasteiger partial charge in [0.25, 0.3) is 11.1 Å². The average Bonchev–Trinajstić information content (AvgIpc) is 3.10. The van der Waals surface area contributed by atoms with Gasteiger partial charge in [0.05, 0.1) is 16.9 Å². The summed E-state index contributed by atoms with van der Waals surface area (Å²) in [5.74, 6) is 0.328. The molecule has 0 aliphatic carbocycles. The molecule has 0 N–H and O–H groups in total. The van der Waals surface area contributed by atoms with Gasteiger partial charge in [0.2, 0.25) is 0 Å². The quantitative estimate of drug-likeness (QED) is 0.763. The van der Waals surface area contributed by atoms with Gasteiger partial charge in [-0.25, -0.2) is 4.90 Å². The van der Waals surface area contributed by atoms with Crippen molar-refractivity contribution in [2.75, 3.05) is 4.90 Å². The van der Waals surface area contributed by atoms with Gasteiger partial charge in [0.1, 0.15) is 5.76 Å². The second-order valence-electron chi connectivity index (χ2n) is 4.39. The number of furan rings is 1. The van der Waals surface area contributed by atoms with Gasteiger partial charge >= 0.3 is 0 Å². The van der Waals surface area contributed by atoms with E-state index in [0.29, 0.717) is 21.4 Å². The average molecular weight is 332 g/mol. The van der Waals surface area contributed by atoms with E-state index in [1.54, 1.807) is 60.9 Å². The first-order chi connectivity index (χ1) is 10.6. The second kappa shape index (κ2) is 6.25. The number of imide groups is 1. The number of thioether (sulfide) groups is 1. The number of carbonyl (C=O) groups excluding carboxylic acids is 2. The molecule has 0 bridgehead atoms. The molecule has 0 unspecified atom stereocenters. The van der Waals surface area contributed by atoms with Gasteiger partial charge in [-0.3, -0.25) is 9.59 Å². The fourth-order valence-electron chi connectivity index (χ4n) is 1.91. The van der Waals surface area contributed by atoms with Crippen LogP contribution in [0.5, 0.6) is 0 Å². The Hall–Kier alpha value is -2.24. The number of halogens is 1. The molecule has 0 radical (unpaired) electrons. The molecule has 2 aromatic rings. The molecule has 110 valence electrons. The molecule has 4 nitrogen and oxygen atoms in total. The van der Waals surface area contributed by atoms with Crippen molar-refractivity contribution < 1.29 is 14.0 Å². The van der Waals surface area contributed by atoms with E-state index in [2.05, 4.69) is 0 Å². The third kappa shape index (κ3) is 3.00. The molecule has 1 aliphatic rings. The second-order valence-corrected chi connectivity index (χ2v) is 5.82. The largest absolute Gasteiger partial charge is 0.465 e. The molecule has 1 saturated heterocycles. The number of benzene rings is 1. The van der Waals surface area contributed by atoms with E-state index >= 15 is 0 Å².